The molecule has 0 unspecified atom stereocenters. The van der Waals surface area contributed by atoms with E-state index in [1.807, 2.05) is 19.9 Å². The molecule has 0 heterocycles. The molecule has 0 spiro atoms. The van der Waals surface area contributed by atoms with Gasteiger partial charge < -0.3 is 5.11 Å². The van der Waals surface area contributed by atoms with Crippen LogP contribution in [0.1, 0.15) is 20.3 Å². The summed E-state index contributed by atoms with van der Waals surface area (Å²) in [7, 11) is 1.40. The Morgan fingerprint density at radius 3 is 2.54 bits per heavy atom. The first-order valence-electron chi connectivity index (χ1n) is 4.13. The second-order valence-corrected chi connectivity index (χ2v) is 3.07. The molecule has 0 aromatic carbocycles. The minimum absolute atomic E-state index is 0.00153. The zero-order valence-corrected chi connectivity index (χ0v) is 8.24. The topological polar surface area (TPSA) is 55.8 Å². The van der Waals surface area contributed by atoms with E-state index in [9.17, 15) is 4.79 Å². The highest BCUT2D eigenvalue weighted by Crippen LogP contribution is 2.07. The van der Waals surface area contributed by atoms with Gasteiger partial charge in [-0.05, 0) is 11.5 Å². The highest BCUT2D eigenvalue weighted by Gasteiger charge is 2.05. The van der Waals surface area contributed by atoms with Gasteiger partial charge in [-0.3, -0.25) is 4.79 Å². The van der Waals surface area contributed by atoms with Gasteiger partial charge in [-0.1, -0.05) is 19.9 Å². The molecule has 13 heavy (non-hydrogen) atoms. The van der Waals surface area contributed by atoms with Crippen molar-refractivity contribution in [3.8, 4) is 0 Å². The number of rotatable bonds is 6. The number of carboxylic acid groups (broad SMARTS) is 1. The third-order valence-corrected chi connectivity index (χ3v) is 1.31. The molecular formula is C9H16O4. The molecule has 76 valence electrons. The quantitative estimate of drug-likeness (QED) is 0.391. The van der Waals surface area contributed by atoms with Crippen molar-refractivity contribution in [1.29, 1.82) is 0 Å². The van der Waals surface area contributed by atoms with Gasteiger partial charge in [-0.2, -0.15) is 0 Å². The molecule has 0 rings (SSSR count). The Morgan fingerprint density at radius 2 is 2.15 bits per heavy atom. The van der Waals surface area contributed by atoms with Crippen LogP contribution in [-0.4, -0.2) is 24.8 Å². The van der Waals surface area contributed by atoms with Crippen LogP contribution < -0.4 is 0 Å². The van der Waals surface area contributed by atoms with E-state index in [1.165, 1.54) is 7.11 Å². The van der Waals surface area contributed by atoms with Crippen LogP contribution in [-0.2, 0) is 14.6 Å². The fourth-order valence-corrected chi connectivity index (χ4v) is 0.958. The van der Waals surface area contributed by atoms with Crippen molar-refractivity contribution in [2.24, 2.45) is 5.92 Å². The van der Waals surface area contributed by atoms with E-state index in [1.54, 1.807) is 0 Å². The Balaban J connectivity index is 4.10. The lowest BCUT2D eigenvalue weighted by atomic mass is 10.1. The maximum absolute atomic E-state index is 10.4. The Morgan fingerprint density at radius 1 is 1.54 bits per heavy atom. The van der Waals surface area contributed by atoms with Crippen molar-refractivity contribution in [1.82, 2.24) is 0 Å². The molecule has 0 radical (unpaired) electrons. The van der Waals surface area contributed by atoms with Gasteiger partial charge in [-0.25, -0.2) is 9.78 Å². The molecule has 4 heteroatoms. The molecule has 0 aromatic heterocycles. The normalized spacial score (nSPS) is 12.2. The lowest BCUT2D eigenvalue weighted by molar-refractivity contribution is -0.265. The lowest BCUT2D eigenvalue weighted by Crippen LogP contribution is -2.05. The molecule has 1 N–H and O–H groups in total. The third-order valence-electron chi connectivity index (χ3n) is 1.31. The van der Waals surface area contributed by atoms with Crippen molar-refractivity contribution in [2.45, 2.75) is 20.3 Å². The van der Waals surface area contributed by atoms with E-state index in [0.717, 1.165) is 5.57 Å². The highest BCUT2D eigenvalue weighted by molar-refractivity contribution is 5.70. The molecule has 0 saturated heterocycles. The van der Waals surface area contributed by atoms with E-state index in [4.69, 9.17) is 5.11 Å². The first-order chi connectivity index (χ1) is 6.06. The summed E-state index contributed by atoms with van der Waals surface area (Å²) in [6, 6.07) is 0. The first-order valence-corrected chi connectivity index (χ1v) is 4.13. The van der Waals surface area contributed by atoms with Gasteiger partial charge in [-0.15, -0.1) is 0 Å². The third kappa shape index (κ3) is 7.49. The van der Waals surface area contributed by atoms with Crippen LogP contribution in [0.2, 0.25) is 0 Å². The van der Waals surface area contributed by atoms with Crippen molar-refractivity contribution in [3.63, 3.8) is 0 Å². The molecule has 0 aliphatic carbocycles. The van der Waals surface area contributed by atoms with Gasteiger partial charge in [0.15, 0.2) is 0 Å². The van der Waals surface area contributed by atoms with Crippen LogP contribution in [0.5, 0.6) is 0 Å². The van der Waals surface area contributed by atoms with E-state index >= 15 is 0 Å². The van der Waals surface area contributed by atoms with Gasteiger partial charge in [0.2, 0.25) is 0 Å². The van der Waals surface area contributed by atoms with Gasteiger partial charge >= 0.3 is 5.97 Å². The van der Waals surface area contributed by atoms with Gasteiger partial charge in [0, 0.05) is 0 Å². The van der Waals surface area contributed by atoms with Crippen LogP contribution in [0, 0.1) is 5.92 Å². The molecule has 0 aliphatic rings. The second-order valence-electron chi connectivity index (χ2n) is 3.07. The molecule has 0 amide bonds. The van der Waals surface area contributed by atoms with Crippen LogP contribution >= 0.6 is 0 Å². The summed E-state index contributed by atoms with van der Waals surface area (Å²) in [6.45, 7) is 4.17. The summed E-state index contributed by atoms with van der Waals surface area (Å²) in [4.78, 5) is 19.5. The Labute approximate surface area is 78.1 Å². The molecular weight excluding hydrogens is 172 g/mol. The summed E-state index contributed by atoms with van der Waals surface area (Å²) < 4.78 is 0. The molecule has 0 saturated carbocycles. The molecule has 0 aromatic rings. The fraction of sp³-hybridized carbons (Fsp3) is 0.667. The average molecular weight is 188 g/mol. The van der Waals surface area contributed by atoms with E-state index < -0.39 is 5.97 Å². The Hall–Kier alpha value is -0.870. The van der Waals surface area contributed by atoms with Gasteiger partial charge in [0.05, 0.1) is 13.5 Å². The largest absolute Gasteiger partial charge is 0.481 e. The maximum Gasteiger partial charge on any atom is 0.307 e. The summed E-state index contributed by atoms with van der Waals surface area (Å²) >= 11 is 0. The number of carboxylic acids is 1. The van der Waals surface area contributed by atoms with Crippen molar-refractivity contribution in [2.75, 3.05) is 13.7 Å². The second kappa shape index (κ2) is 6.62. The van der Waals surface area contributed by atoms with Gasteiger partial charge in [0.1, 0.15) is 6.61 Å². The van der Waals surface area contributed by atoms with E-state index in [2.05, 4.69) is 9.78 Å². The minimum atomic E-state index is -0.855. The summed E-state index contributed by atoms with van der Waals surface area (Å²) in [5, 5.41) is 8.56. The number of aliphatic carboxylic acids is 1. The van der Waals surface area contributed by atoms with Crippen molar-refractivity contribution < 1.29 is 19.7 Å². The zero-order valence-electron chi connectivity index (χ0n) is 8.24. The Bertz CT molecular complexity index is 184. The van der Waals surface area contributed by atoms with Crippen LogP contribution in [0.15, 0.2) is 11.6 Å². The summed E-state index contributed by atoms with van der Waals surface area (Å²) in [5.41, 5.74) is 0.726. The summed E-state index contributed by atoms with van der Waals surface area (Å²) in [5.74, 6) is -0.540. The number of carbonyl (C=O) groups is 1. The fourth-order valence-electron chi connectivity index (χ4n) is 0.958. The maximum atomic E-state index is 10.4. The smallest absolute Gasteiger partial charge is 0.307 e. The van der Waals surface area contributed by atoms with E-state index in [0.29, 0.717) is 5.92 Å². The summed E-state index contributed by atoms with van der Waals surface area (Å²) in [6.07, 6.45) is 1.87. The predicted octanol–water partition coefficient (Wildman–Crippen LogP) is 1.62. The Kier molecular flexibility index (Phi) is 6.18. The zero-order chi connectivity index (χ0) is 10.3. The SMILES string of the molecule is COOCC(=CC(C)C)CC(=O)O. The molecule has 0 fully saturated rings. The first kappa shape index (κ1) is 12.1. The van der Waals surface area contributed by atoms with Crippen LogP contribution in [0.25, 0.3) is 0 Å². The standard InChI is InChI=1S/C9H16O4/c1-7(2)4-8(5-9(10)11)6-13-12-3/h4,7H,5-6H2,1-3H3,(H,10,11). The monoisotopic (exact) mass is 188 g/mol. The van der Waals surface area contributed by atoms with Crippen LogP contribution in [0.3, 0.4) is 0 Å². The van der Waals surface area contributed by atoms with E-state index in [-0.39, 0.29) is 13.0 Å². The van der Waals surface area contributed by atoms with Crippen molar-refractivity contribution in [3.05, 3.63) is 11.6 Å². The molecule has 0 aliphatic heterocycles. The predicted molar refractivity (Wildman–Crippen MR) is 48.1 cm³/mol. The average Bonchev–Trinajstić information content (AvgIpc) is 1.98. The molecule has 0 bridgehead atoms. The van der Waals surface area contributed by atoms with Crippen molar-refractivity contribution >= 4 is 5.97 Å². The molecule has 0 atom stereocenters. The lowest BCUT2D eigenvalue weighted by Gasteiger charge is -2.05. The van der Waals surface area contributed by atoms with Gasteiger partial charge in [0.25, 0.3) is 0 Å². The van der Waals surface area contributed by atoms with Crippen LogP contribution in [0.4, 0.5) is 0 Å². The number of allylic oxidation sites excluding steroid dienone is 1. The number of hydrogen-bond donors (Lipinski definition) is 1. The number of hydrogen-bond acceptors (Lipinski definition) is 3. The highest BCUT2D eigenvalue weighted by atomic mass is 17.2. The molecule has 4 nitrogen and oxygen atoms in total. The minimum Gasteiger partial charge on any atom is -0.481 e.